The van der Waals surface area contributed by atoms with Crippen LogP contribution in [0.2, 0.25) is 6.32 Å². The molecule has 17 heavy (non-hydrogen) atoms. The van der Waals surface area contributed by atoms with Crippen molar-refractivity contribution in [3.63, 3.8) is 0 Å². The zero-order chi connectivity index (χ0) is 12.9. The molecule has 2 atom stereocenters. The Morgan fingerprint density at radius 2 is 2.12 bits per heavy atom. The van der Waals surface area contributed by atoms with Gasteiger partial charge in [0.2, 0.25) is 0 Å². The molecule has 1 saturated carbocycles. The van der Waals surface area contributed by atoms with Gasteiger partial charge in [0.25, 0.3) is 0 Å². The number of nitrogens with two attached hydrogens (primary N) is 1. The highest BCUT2D eigenvalue weighted by molar-refractivity contribution is 6.40. The van der Waals surface area contributed by atoms with Gasteiger partial charge in [0.1, 0.15) is 0 Å². The molecule has 98 valence electrons. The van der Waals surface area contributed by atoms with Gasteiger partial charge in [0.15, 0.2) is 0 Å². The van der Waals surface area contributed by atoms with E-state index in [1.165, 1.54) is 0 Å². The molecule has 0 amide bonds. The predicted octanol–water partition coefficient (Wildman–Crippen LogP) is 0.602. The molecule has 0 unspecified atom stereocenters. The van der Waals surface area contributed by atoms with Gasteiger partial charge in [-0.3, -0.25) is 4.79 Å². The smallest absolute Gasteiger partial charge is 0.451 e. The molecule has 0 heterocycles. The molecule has 0 aromatic heterocycles. The van der Waals surface area contributed by atoms with Crippen LogP contribution in [0.1, 0.15) is 44.9 Å². The Balaban J connectivity index is 2.45. The van der Waals surface area contributed by atoms with Crippen LogP contribution < -0.4 is 5.73 Å². The monoisotopic (exact) mass is 243 g/mol. The summed E-state index contributed by atoms with van der Waals surface area (Å²) in [5.41, 5.74) is 5.17. The average molecular weight is 243 g/mol. The van der Waals surface area contributed by atoms with Gasteiger partial charge in [-0.1, -0.05) is 19.3 Å². The highest BCUT2D eigenvalue weighted by Gasteiger charge is 2.41. The van der Waals surface area contributed by atoms with Crippen LogP contribution in [0.15, 0.2) is 0 Å². The van der Waals surface area contributed by atoms with Crippen molar-refractivity contribution in [1.82, 2.24) is 0 Å². The van der Waals surface area contributed by atoms with E-state index in [1.807, 2.05) is 0 Å². The van der Waals surface area contributed by atoms with Crippen molar-refractivity contribution in [3.8, 4) is 0 Å². The first kappa shape index (κ1) is 14.5. The van der Waals surface area contributed by atoms with E-state index in [1.54, 1.807) is 0 Å². The maximum atomic E-state index is 11.4. The van der Waals surface area contributed by atoms with Crippen LogP contribution in [0.3, 0.4) is 0 Å². The minimum atomic E-state index is -1.29. The van der Waals surface area contributed by atoms with Crippen molar-refractivity contribution < 1.29 is 19.9 Å². The Morgan fingerprint density at radius 1 is 1.41 bits per heavy atom. The van der Waals surface area contributed by atoms with Crippen LogP contribution in [0.25, 0.3) is 0 Å². The summed E-state index contributed by atoms with van der Waals surface area (Å²) >= 11 is 0. The molecule has 1 aliphatic carbocycles. The van der Waals surface area contributed by atoms with E-state index in [-0.39, 0.29) is 6.04 Å². The van der Waals surface area contributed by atoms with Crippen LogP contribution in [-0.4, -0.2) is 34.3 Å². The quantitative estimate of drug-likeness (QED) is 0.404. The van der Waals surface area contributed by atoms with Gasteiger partial charge in [-0.2, -0.15) is 0 Å². The fourth-order valence-electron chi connectivity index (χ4n) is 2.73. The third-order valence-electron chi connectivity index (χ3n) is 3.70. The largest absolute Gasteiger partial charge is 0.481 e. The van der Waals surface area contributed by atoms with E-state index in [2.05, 4.69) is 0 Å². The van der Waals surface area contributed by atoms with Crippen molar-refractivity contribution in [2.75, 3.05) is 0 Å². The molecule has 0 aliphatic heterocycles. The Morgan fingerprint density at radius 3 is 2.65 bits per heavy atom. The van der Waals surface area contributed by atoms with Crippen molar-refractivity contribution >= 4 is 13.1 Å². The number of aliphatic carboxylic acids is 1. The van der Waals surface area contributed by atoms with Gasteiger partial charge < -0.3 is 20.9 Å². The van der Waals surface area contributed by atoms with Gasteiger partial charge in [0.05, 0.1) is 5.41 Å². The number of carboxylic acid groups (broad SMARTS) is 1. The molecule has 5 nitrogen and oxygen atoms in total. The van der Waals surface area contributed by atoms with Gasteiger partial charge in [-0.25, -0.2) is 0 Å². The molecule has 1 aliphatic rings. The van der Waals surface area contributed by atoms with Gasteiger partial charge >= 0.3 is 13.1 Å². The number of hydrogen-bond acceptors (Lipinski definition) is 4. The summed E-state index contributed by atoms with van der Waals surface area (Å²) in [6.07, 6.45) is 5.26. The molecule has 0 spiro atoms. The Labute approximate surface area is 102 Å². The van der Waals surface area contributed by atoms with E-state index in [0.29, 0.717) is 38.4 Å². The lowest BCUT2D eigenvalue weighted by molar-refractivity contribution is -0.152. The Hall–Kier alpha value is -0.585. The van der Waals surface area contributed by atoms with Crippen LogP contribution in [0.5, 0.6) is 0 Å². The maximum absolute atomic E-state index is 11.4. The fourth-order valence-corrected chi connectivity index (χ4v) is 2.73. The van der Waals surface area contributed by atoms with Gasteiger partial charge in [-0.15, -0.1) is 0 Å². The van der Waals surface area contributed by atoms with Crippen molar-refractivity contribution in [2.45, 2.75) is 57.3 Å². The zero-order valence-electron chi connectivity index (χ0n) is 10.1. The van der Waals surface area contributed by atoms with Crippen molar-refractivity contribution in [3.05, 3.63) is 0 Å². The Bertz CT molecular complexity index is 262. The molecule has 6 heteroatoms. The molecule has 0 aromatic rings. The normalized spacial score (nSPS) is 29.0. The van der Waals surface area contributed by atoms with E-state index in [4.69, 9.17) is 15.8 Å². The van der Waals surface area contributed by atoms with E-state index >= 15 is 0 Å². The topological polar surface area (TPSA) is 104 Å². The second-order valence-electron chi connectivity index (χ2n) is 5.17. The lowest BCUT2D eigenvalue weighted by Crippen LogP contribution is -2.41. The number of rotatable bonds is 6. The molecule has 0 saturated heterocycles. The average Bonchev–Trinajstić information content (AvgIpc) is 2.24. The standard InChI is InChI=1S/C11H22BNO4/c13-9-4-3-6-11(8-9,10(14)15)5-1-2-7-12(16)17/h9,16-17H,1-8,13H2,(H,14,15)/t9-,11+/m1/s1. The highest BCUT2D eigenvalue weighted by Crippen LogP contribution is 2.40. The van der Waals surface area contributed by atoms with E-state index in [9.17, 15) is 9.90 Å². The second kappa shape index (κ2) is 6.38. The van der Waals surface area contributed by atoms with Gasteiger partial charge in [0, 0.05) is 6.04 Å². The zero-order valence-corrected chi connectivity index (χ0v) is 10.1. The molecule has 0 radical (unpaired) electrons. The number of carboxylic acids is 1. The van der Waals surface area contributed by atoms with Gasteiger partial charge in [-0.05, 0) is 32.0 Å². The van der Waals surface area contributed by atoms with Crippen LogP contribution in [-0.2, 0) is 4.79 Å². The summed E-state index contributed by atoms with van der Waals surface area (Å²) in [6.45, 7) is 0. The summed E-state index contributed by atoms with van der Waals surface area (Å²) in [6, 6.07) is -0.0108. The van der Waals surface area contributed by atoms with Crippen LogP contribution in [0.4, 0.5) is 0 Å². The SMILES string of the molecule is N[C@@H]1CCC[C@](CCCCB(O)O)(C(=O)O)C1. The van der Waals surface area contributed by atoms with Crippen molar-refractivity contribution in [2.24, 2.45) is 11.1 Å². The first-order valence-electron chi connectivity index (χ1n) is 6.31. The number of hydrogen-bond donors (Lipinski definition) is 4. The second-order valence-corrected chi connectivity index (χ2v) is 5.17. The predicted molar refractivity (Wildman–Crippen MR) is 65.4 cm³/mol. The Kier molecular flexibility index (Phi) is 5.43. The highest BCUT2D eigenvalue weighted by atomic mass is 16.4. The summed E-state index contributed by atoms with van der Waals surface area (Å²) in [5.74, 6) is -0.753. The minimum Gasteiger partial charge on any atom is -0.481 e. The van der Waals surface area contributed by atoms with E-state index < -0.39 is 18.5 Å². The summed E-state index contributed by atoms with van der Waals surface area (Å²) in [5, 5.41) is 26.8. The summed E-state index contributed by atoms with van der Waals surface area (Å²) in [4.78, 5) is 11.4. The maximum Gasteiger partial charge on any atom is 0.451 e. The van der Waals surface area contributed by atoms with Crippen LogP contribution in [0, 0.1) is 5.41 Å². The molecule has 5 N–H and O–H groups in total. The third kappa shape index (κ3) is 4.29. The first-order valence-corrected chi connectivity index (χ1v) is 6.31. The number of carbonyl (C=O) groups is 1. The molecular formula is C11H22BNO4. The molecule has 0 bridgehead atoms. The van der Waals surface area contributed by atoms with Crippen molar-refractivity contribution in [1.29, 1.82) is 0 Å². The first-order chi connectivity index (χ1) is 7.96. The van der Waals surface area contributed by atoms with E-state index in [0.717, 1.165) is 12.8 Å². The fraction of sp³-hybridized carbons (Fsp3) is 0.909. The molecule has 0 aromatic carbocycles. The summed E-state index contributed by atoms with van der Waals surface area (Å²) in [7, 11) is -1.29. The molecule has 1 rings (SSSR count). The lowest BCUT2D eigenvalue weighted by atomic mass is 9.69. The minimum absolute atomic E-state index is 0.0108. The molecule has 1 fully saturated rings. The molecular weight excluding hydrogens is 221 g/mol. The van der Waals surface area contributed by atoms with Crippen LogP contribution >= 0.6 is 0 Å². The lowest BCUT2D eigenvalue weighted by Gasteiger charge is -2.36. The summed E-state index contributed by atoms with van der Waals surface area (Å²) < 4.78 is 0. The third-order valence-corrected chi connectivity index (χ3v) is 3.70. The number of unbranched alkanes of at least 4 members (excludes halogenated alkanes) is 1.